The lowest BCUT2D eigenvalue weighted by Crippen LogP contribution is -2.29. The van der Waals surface area contributed by atoms with Gasteiger partial charge in [0, 0.05) is 11.0 Å². The molecule has 3 aromatic carbocycles. The summed E-state index contributed by atoms with van der Waals surface area (Å²) in [5, 5.41) is 20.8. The number of rotatable bonds is 6. The fourth-order valence-electron chi connectivity index (χ4n) is 3.66. The largest absolute Gasteiger partial charge is 0.504 e. The molecular formula is C23H24O2. The zero-order chi connectivity index (χ0) is 17.7. The van der Waals surface area contributed by atoms with E-state index in [2.05, 4.69) is 31.2 Å². The maximum atomic E-state index is 10.7. The molecule has 3 aromatic rings. The van der Waals surface area contributed by atoms with Gasteiger partial charge in [-0.1, -0.05) is 92.6 Å². The third-order valence-corrected chi connectivity index (χ3v) is 4.91. The fourth-order valence-corrected chi connectivity index (χ4v) is 3.66. The van der Waals surface area contributed by atoms with Crippen LogP contribution in [0.4, 0.5) is 0 Å². The lowest BCUT2D eigenvalue weighted by molar-refractivity contribution is 0.388. The number of unbranched alkanes of at least 4 members (excludes halogenated alkanes) is 1. The summed E-state index contributed by atoms with van der Waals surface area (Å²) in [7, 11) is 0. The van der Waals surface area contributed by atoms with Crippen molar-refractivity contribution in [1.29, 1.82) is 0 Å². The summed E-state index contributed by atoms with van der Waals surface area (Å²) in [5.41, 5.74) is 2.49. The van der Waals surface area contributed by atoms with E-state index in [0.717, 1.165) is 36.0 Å². The summed E-state index contributed by atoms with van der Waals surface area (Å²) in [5.74, 6) is -0.114. The summed E-state index contributed by atoms with van der Waals surface area (Å²) in [4.78, 5) is 0. The number of phenolic OH excluding ortho intramolecular Hbond substituents is 2. The average molecular weight is 332 g/mol. The molecule has 0 aliphatic rings. The fraction of sp³-hybridized carbons (Fsp3) is 0.217. The normalized spacial score (nSPS) is 11.4. The van der Waals surface area contributed by atoms with E-state index < -0.39 is 5.41 Å². The highest BCUT2D eigenvalue weighted by Gasteiger charge is 2.38. The maximum absolute atomic E-state index is 10.7. The molecule has 0 atom stereocenters. The van der Waals surface area contributed by atoms with Crippen molar-refractivity contribution >= 4 is 0 Å². The van der Waals surface area contributed by atoms with E-state index in [1.807, 2.05) is 42.5 Å². The van der Waals surface area contributed by atoms with Gasteiger partial charge in [0.25, 0.3) is 0 Å². The Morgan fingerprint density at radius 3 is 1.80 bits per heavy atom. The van der Waals surface area contributed by atoms with Crippen LogP contribution in [0, 0.1) is 0 Å². The van der Waals surface area contributed by atoms with Gasteiger partial charge in [0.05, 0.1) is 0 Å². The SMILES string of the molecule is CCCCC(c1ccccc1)(c1ccccc1)c1cccc(O)c1O. The first-order chi connectivity index (χ1) is 12.2. The van der Waals surface area contributed by atoms with Crippen LogP contribution in [0.15, 0.2) is 78.9 Å². The van der Waals surface area contributed by atoms with E-state index in [0.29, 0.717) is 0 Å². The smallest absolute Gasteiger partial charge is 0.161 e. The van der Waals surface area contributed by atoms with E-state index in [4.69, 9.17) is 0 Å². The number of para-hydroxylation sites is 1. The standard InChI is InChI=1S/C23H24O2/c1-2-3-17-23(18-11-6-4-7-12-18,19-13-8-5-9-14-19)20-15-10-16-21(24)22(20)25/h4-16,24-25H,2-3,17H2,1H3. The lowest BCUT2D eigenvalue weighted by Gasteiger charge is -2.36. The maximum Gasteiger partial charge on any atom is 0.161 e. The summed E-state index contributed by atoms with van der Waals surface area (Å²) < 4.78 is 0. The molecule has 25 heavy (non-hydrogen) atoms. The molecule has 2 nitrogen and oxygen atoms in total. The minimum absolute atomic E-state index is 0.0358. The summed E-state index contributed by atoms with van der Waals surface area (Å²) in [6, 6.07) is 25.8. The third kappa shape index (κ3) is 3.12. The van der Waals surface area contributed by atoms with Gasteiger partial charge in [0.1, 0.15) is 0 Å². The minimum Gasteiger partial charge on any atom is -0.504 e. The predicted molar refractivity (Wildman–Crippen MR) is 102 cm³/mol. The quantitative estimate of drug-likeness (QED) is 0.454. The molecule has 0 heterocycles. The molecule has 0 spiro atoms. The van der Waals surface area contributed by atoms with Crippen molar-refractivity contribution in [2.45, 2.75) is 31.6 Å². The van der Waals surface area contributed by atoms with Gasteiger partial charge in [-0.2, -0.15) is 0 Å². The Balaban J connectivity index is 2.34. The second kappa shape index (κ2) is 7.43. The molecule has 128 valence electrons. The van der Waals surface area contributed by atoms with Crippen LogP contribution in [0.2, 0.25) is 0 Å². The molecule has 0 unspecified atom stereocenters. The minimum atomic E-state index is -0.499. The second-order valence-electron chi connectivity index (χ2n) is 6.41. The van der Waals surface area contributed by atoms with Crippen LogP contribution in [0.25, 0.3) is 0 Å². The predicted octanol–water partition coefficient (Wildman–Crippen LogP) is 5.62. The van der Waals surface area contributed by atoms with Crippen LogP contribution in [0.3, 0.4) is 0 Å². The molecule has 0 saturated carbocycles. The van der Waals surface area contributed by atoms with Crippen molar-refractivity contribution in [2.75, 3.05) is 0 Å². The van der Waals surface area contributed by atoms with Crippen LogP contribution in [0.1, 0.15) is 42.9 Å². The average Bonchev–Trinajstić information content (AvgIpc) is 2.67. The Morgan fingerprint density at radius 2 is 1.28 bits per heavy atom. The lowest BCUT2D eigenvalue weighted by atomic mass is 9.66. The molecule has 3 rings (SSSR count). The molecule has 0 aliphatic heterocycles. The van der Waals surface area contributed by atoms with Gasteiger partial charge in [-0.25, -0.2) is 0 Å². The Morgan fingerprint density at radius 1 is 0.720 bits per heavy atom. The zero-order valence-electron chi connectivity index (χ0n) is 14.5. The molecule has 0 aliphatic carbocycles. The van der Waals surface area contributed by atoms with Gasteiger partial charge in [0.2, 0.25) is 0 Å². The zero-order valence-corrected chi connectivity index (χ0v) is 14.5. The molecular weight excluding hydrogens is 308 g/mol. The third-order valence-electron chi connectivity index (χ3n) is 4.91. The van der Waals surface area contributed by atoms with Crippen LogP contribution in [-0.4, -0.2) is 10.2 Å². The van der Waals surface area contributed by atoms with E-state index in [-0.39, 0.29) is 11.5 Å². The highest BCUT2D eigenvalue weighted by Crippen LogP contribution is 2.48. The van der Waals surface area contributed by atoms with Crippen molar-refractivity contribution in [1.82, 2.24) is 0 Å². The van der Waals surface area contributed by atoms with Crippen molar-refractivity contribution in [3.05, 3.63) is 95.6 Å². The topological polar surface area (TPSA) is 40.5 Å². The monoisotopic (exact) mass is 332 g/mol. The van der Waals surface area contributed by atoms with E-state index >= 15 is 0 Å². The van der Waals surface area contributed by atoms with Crippen LogP contribution in [-0.2, 0) is 5.41 Å². The van der Waals surface area contributed by atoms with Crippen LogP contribution < -0.4 is 0 Å². The number of hydrogen-bond acceptors (Lipinski definition) is 2. The first kappa shape index (κ1) is 17.1. The number of benzene rings is 3. The summed E-state index contributed by atoms with van der Waals surface area (Å²) >= 11 is 0. The van der Waals surface area contributed by atoms with Crippen molar-refractivity contribution < 1.29 is 10.2 Å². The summed E-state index contributed by atoms with van der Waals surface area (Å²) in [6.07, 6.45) is 2.93. The van der Waals surface area contributed by atoms with Crippen molar-refractivity contribution in [2.24, 2.45) is 0 Å². The number of phenols is 2. The Kier molecular flexibility index (Phi) is 5.08. The van der Waals surface area contributed by atoms with Gasteiger partial charge >= 0.3 is 0 Å². The van der Waals surface area contributed by atoms with Crippen LogP contribution in [0.5, 0.6) is 11.5 Å². The van der Waals surface area contributed by atoms with Crippen molar-refractivity contribution in [3.63, 3.8) is 0 Å². The molecule has 0 radical (unpaired) electrons. The Bertz CT molecular complexity index is 771. The highest BCUT2D eigenvalue weighted by atomic mass is 16.3. The van der Waals surface area contributed by atoms with Gasteiger partial charge in [-0.3, -0.25) is 0 Å². The summed E-state index contributed by atoms with van der Waals surface area (Å²) in [6.45, 7) is 2.17. The first-order valence-electron chi connectivity index (χ1n) is 8.82. The van der Waals surface area contributed by atoms with E-state index in [1.54, 1.807) is 6.07 Å². The Hall–Kier alpha value is -2.74. The molecule has 0 saturated heterocycles. The van der Waals surface area contributed by atoms with Crippen molar-refractivity contribution in [3.8, 4) is 11.5 Å². The first-order valence-corrected chi connectivity index (χ1v) is 8.82. The molecule has 2 N–H and O–H groups in total. The Labute approximate surface area is 149 Å². The molecule has 0 aromatic heterocycles. The second-order valence-corrected chi connectivity index (χ2v) is 6.41. The molecule has 2 heteroatoms. The highest BCUT2D eigenvalue weighted by molar-refractivity contribution is 5.58. The number of aromatic hydroxyl groups is 2. The van der Waals surface area contributed by atoms with Gasteiger partial charge in [-0.15, -0.1) is 0 Å². The molecule has 0 amide bonds. The molecule has 0 fully saturated rings. The van der Waals surface area contributed by atoms with Gasteiger partial charge < -0.3 is 10.2 Å². The number of hydrogen-bond donors (Lipinski definition) is 2. The van der Waals surface area contributed by atoms with Gasteiger partial charge in [0.15, 0.2) is 11.5 Å². The van der Waals surface area contributed by atoms with Gasteiger partial charge in [-0.05, 0) is 23.6 Å². The van der Waals surface area contributed by atoms with E-state index in [1.165, 1.54) is 6.07 Å². The van der Waals surface area contributed by atoms with Crippen LogP contribution >= 0.6 is 0 Å². The van der Waals surface area contributed by atoms with E-state index in [9.17, 15) is 10.2 Å². The molecule has 0 bridgehead atoms.